The molecule has 0 aliphatic heterocycles. The molecule has 6 heteroatoms. The van der Waals surface area contributed by atoms with Crippen LogP contribution in [0.5, 0.6) is 0 Å². The van der Waals surface area contributed by atoms with Crippen molar-refractivity contribution in [2.24, 2.45) is 11.7 Å². The van der Waals surface area contributed by atoms with Crippen LogP contribution in [0, 0.1) is 17.6 Å². The fourth-order valence-electron chi connectivity index (χ4n) is 1.91. The zero-order valence-corrected chi connectivity index (χ0v) is 11.0. The minimum atomic E-state index is -0.960. The summed E-state index contributed by atoms with van der Waals surface area (Å²) in [6, 6.07) is 3.10. The van der Waals surface area contributed by atoms with Crippen LogP contribution >= 0.6 is 12.2 Å². The predicted molar refractivity (Wildman–Crippen MR) is 71.5 cm³/mol. The molecule has 0 saturated heterocycles. The van der Waals surface area contributed by atoms with Crippen molar-refractivity contribution in [3.8, 4) is 0 Å². The van der Waals surface area contributed by atoms with Crippen LogP contribution in [-0.2, 0) is 11.2 Å². The Morgan fingerprint density at radius 2 is 2.11 bits per heavy atom. The van der Waals surface area contributed by atoms with E-state index in [2.05, 4.69) is 5.32 Å². The van der Waals surface area contributed by atoms with Gasteiger partial charge in [0.05, 0.1) is 17.5 Å². The smallest absolute Gasteiger partial charge is 0.224 e. The monoisotopic (exact) mass is 284 g/mol. The van der Waals surface area contributed by atoms with Gasteiger partial charge in [0.25, 0.3) is 0 Å². The summed E-state index contributed by atoms with van der Waals surface area (Å²) in [6.07, 6.45) is 1.96. The first kappa shape index (κ1) is 13.9. The predicted octanol–water partition coefficient (Wildman–Crippen LogP) is 1.69. The molecule has 3 nitrogen and oxygen atoms in total. The second-order valence-electron chi connectivity index (χ2n) is 4.71. The lowest BCUT2D eigenvalue weighted by atomic mass is 10.1. The first-order valence-corrected chi connectivity index (χ1v) is 6.41. The quantitative estimate of drug-likeness (QED) is 0.809. The molecule has 0 radical (unpaired) electrons. The number of hydrogen-bond acceptors (Lipinski definition) is 2. The maximum atomic E-state index is 13.0. The van der Waals surface area contributed by atoms with Crippen LogP contribution in [0.3, 0.4) is 0 Å². The normalized spacial score (nSPS) is 15.9. The van der Waals surface area contributed by atoms with Crippen LogP contribution < -0.4 is 11.1 Å². The van der Waals surface area contributed by atoms with Crippen LogP contribution in [0.25, 0.3) is 0 Å². The Labute approximate surface area is 115 Å². The van der Waals surface area contributed by atoms with E-state index in [-0.39, 0.29) is 23.4 Å². The summed E-state index contributed by atoms with van der Waals surface area (Å²) in [7, 11) is 0. The molecular formula is C13H14F2N2OS. The van der Waals surface area contributed by atoms with Crippen molar-refractivity contribution < 1.29 is 13.6 Å². The minimum Gasteiger partial charge on any atom is -0.392 e. The Morgan fingerprint density at radius 1 is 1.42 bits per heavy atom. The van der Waals surface area contributed by atoms with E-state index in [0.29, 0.717) is 11.5 Å². The Hall–Kier alpha value is -1.56. The number of carbonyl (C=O) groups is 1. The number of hydrogen-bond donors (Lipinski definition) is 2. The van der Waals surface area contributed by atoms with Gasteiger partial charge in [0, 0.05) is 0 Å². The van der Waals surface area contributed by atoms with Crippen molar-refractivity contribution in [3.05, 3.63) is 35.4 Å². The molecule has 1 aliphatic rings. The Kier molecular flexibility index (Phi) is 4.09. The van der Waals surface area contributed by atoms with Gasteiger partial charge in [0.15, 0.2) is 11.6 Å². The van der Waals surface area contributed by atoms with Gasteiger partial charge in [-0.3, -0.25) is 4.79 Å². The van der Waals surface area contributed by atoms with Crippen LogP contribution in [0.4, 0.5) is 8.78 Å². The van der Waals surface area contributed by atoms with E-state index in [1.807, 2.05) is 0 Å². The fraction of sp³-hybridized carbons (Fsp3) is 0.385. The fourth-order valence-corrected chi connectivity index (χ4v) is 2.16. The van der Waals surface area contributed by atoms with Crippen molar-refractivity contribution in [3.63, 3.8) is 0 Å². The van der Waals surface area contributed by atoms with Gasteiger partial charge in [-0.2, -0.15) is 0 Å². The minimum absolute atomic E-state index is 0.0248. The molecule has 102 valence electrons. The number of benzene rings is 1. The zero-order valence-electron chi connectivity index (χ0n) is 10.2. The molecule has 0 spiro atoms. The molecule has 1 saturated carbocycles. The van der Waals surface area contributed by atoms with E-state index < -0.39 is 11.6 Å². The summed E-state index contributed by atoms with van der Waals surface area (Å²) in [5, 5.41) is 2.74. The van der Waals surface area contributed by atoms with Crippen LogP contribution in [-0.4, -0.2) is 16.9 Å². The number of halogens is 2. The van der Waals surface area contributed by atoms with Crippen molar-refractivity contribution in [2.45, 2.75) is 25.3 Å². The van der Waals surface area contributed by atoms with E-state index in [4.69, 9.17) is 18.0 Å². The summed E-state index contributed by atoms with van der Waals surface area (Å²) in [4.78, 5) is 12.1. The maximum Gasteiger partial charge on any atom is 0.224 e. The molecule has 2 rings (SSSR count). The number of nitrogens with one attached hydrogen (secondary N) is 1. The van der Waals surface area contributed by atoms with Crippen molar-refractivity contribution in [2.75, 3.05) is 0 Å². The molecule has 0 bridgehead atoms. The topological polar surface area (TPSA) is 55.1 Å². The highest BCUT2D eigenvalue weighted by atomic mass is 32.1. The second-order valence-corrected chi connectivity index (χ2v) is 5.18. The molecular weight excluding hydrogens is 270 g/mol. The van der Waals surface area contributed by atoms with Gasteiger partial charge < -0.3 is 11.1 Å². The van der Waals surface area contributed by atoms with E-state index in [0.717, 1.165) is 25.0 Å². The van der Waals surface area contributed by atoms with Crippen molar-refractivity contribution in [1.29, 1.82) is 0 Å². The highest BCUT2D eigenvalue weighted by molar-refractivity contribution is 7.80. The number of nitrogens with two attached hydrogens (primary N) is 1. The van der Waals surface area contributed by atoms with E-state index >= 15 is 0 Å². The summed E-state index contributed by atoms with van der Waals surface area (Å²) < 4.78 is 25.8. The van der Waals surface area contributed by atoms with Crippen LogP contribution in [0.15, 0.2) is 18.2 Å². The summed E-state index contributed by atoms with van der Waals surface area (Å²) in [5.41, 5.74) is 5.98. The van der Waals surface area contributed by atoms with E-state index in [1.165, 1.54) is 6.07 Å². The number of carbonyl (C=O) groups excluding carboxylic acids is 1. The van der Waals surface area contributed by atoms with Gasteiger partial charge in [-0.15, -0.1) is 0 Å². The van der Waals surface area contributed by atoms with Gasteiger partial charge >= 0.3 is 0 Å². The van der Waals surface area contributed by atoms with Gasteiger partial charge in [-0.05, 0) is 36.5 Å². The first-order chi connectivity index (χ1) is 8.97. The standard InChI is InChI=1S/C13H14F2N2OS/c14-9-4-1-7(5-10(9)15)6-11(18)17-12(13(16)19)8-2-3-8/h1,4-5,8,12H,2-3,6H2,(H2,16,19)(H,17,18). The van der Waals surface area contributed by atoms with Gasteiger partial charge in [0.2, 0.25) is 5.91 Å². The molecule has 19 heavy (non-hydrogen) atoms. The Morgan fingerprint density at radius 3 is 2.63 bits per heavy atom. The van der Waals surface area contributed by atoms with E-state index in [9.17, 15) is 13.6 Å². The molecule has 1 atom stereocenters. The SMILES string of the molecule is NC(=S)C(NC(=O)Cc1ccc(F)c(F)c1)C1CC1. The average Bonchev–Trinajstić information content (AvgIpc) is 3.14. The zero-order chi connectivity index (χ0) is 14.0. The summed E-state index contributed by atoms with van der Waals surface area (Å²) in [5.74, 6) is -1.87. The van der Waals surface area contributed by atoms with Gasteiger partial charge in [0.1, 0.15) is 0 Å². The van der Waals surface area contributed by atoms with Crippen LogP contribution in [0.2, 0.25) is 0 Å². The molecule has 1 fully saturated rings. The third kappa shape index (κ3) is 3.70. The molecule has 1 aromatic carbocycles. The van der Waals surface area contributed by atoms with Gasteiger partial charge in [-0.25, -0.2) is 8.78 Å². The molecule has 1 amide bonds. The molecule has 0 heterocycles. The molecule has 1 aromatic rings. The summed E-state index contributed by atoms with van der Waals surface area (Å²) >= 11 is 4.91. The summed E-state index contributed by atoms with van der Waals surface area (Å²) in [6.45, 7) is 0. The highest BCUT2D eigenvalue weighted by Gasteiger charge is 2.34. The number of thiocarbonyl (C=S) groups is 1. The second kappa shape index (κ2) is 5.61. The van der Waals surface area contributed by atoms with Crippen molar-refractivity contribution in [1.82, 2.24) is 5.32 Å². The molecule has 1 aliphatic carbocycles. The lowest BCUT2D eigenvalue weighted by Gasteiger charge is -2.16. The third-order valence-corrected chi connectivity index (χ3v) is 3.32. The number of amides is 1. The lowest BCUT2D eigenvalue weighted by molar-refractivity contribution is -0.120. The Balaban J connectivity index is 1.96. The third-order valence-electron chi connectivity index (χ3n) is 3.07. The van der Waals surface area contributed by atoms with Crippen molar-refractivity contribution >= 4 is 23.1 Å². The average molecular weight is 284 g/mol. The maximum absolute atomic E-state index is 13.0. The highest BCUT2D eigenvalue weighted by Crippen LogP contribution is 2.32. The molecule has 1 unspecified atom stereocenters. The largest absolute Gasteiger partial charge is 0.392 e. The molecule has 3 N–H and O–H groups in total. The first-order valence-electron chi connectivity index (χ1n) is 6.00. The van der Waals surface area contributed by atoms with E-state index in [1.54, 1.807) is 0 Å². The number of rotatable bonds is 5. The lowest BCUT2D eigenvalue weighted by Crippen LogP contribution is -2.45. The van der Waals surface area contributed by atoms with Crippen LogP contribution in [0.1, 0.15) is 18.4 Å². The molecule has 0 aromatic heterocycles. The van der Waals surface area contributed by atoms with Gasteiger partial charge in [-0.1, -0.05) is 18.3 Å². The Bertz CT molecular complexity index is 517.